The van der Waals surface area contributed by atoms with Crippen molar-refractivity contribution >= 4 is 11.6 Å². The molecule has 0 amide bonds. The van der Waals surface area contributed by atoms with Crippen molar-refractivity contribution in [3.63, 3.8) is 0 Å². The smallest absolute Gasteiger partial charge is 0.137 e. The van der Waals surface area contributed by atoms with Crippen molar-refractivity contribution in [1.29, 1.82) is 0 Å². The van der Waals surface area contributed by atoms with Crippen LogP contribution in [0.15, 0.2) is 6.07 Å². The Morgan fingerprint density at radius 1 is 1.44 bits per heavy atom. The number of hydrogen-bond acceptors (Lipinski definition) is 2. The molecule has 0 spiro atoms. The summed E-state index contributed by atoms with van der Waals surface area (Å²) in [5.74, 6) is 0.236. The maximum Gasteiger partial charge on any atom is 0.137 e. The second-order valence-corrected chi connectivity index (χ2v) is 5.10. The van der Waals surface area contributed by atoms with Gasteiger partial charge < -0.3 is 10.8 Å². The van der Waals surface area contributed by atoms with Crippen LogP contribution in [0, 0.1) is 0 Å². The highest BCUT2D eigenvalue weighted by Gasteiger charge is 2.18. The van der Waals surface area contributed by atoms with Gasteiger partial charge >= 0.3 is 0 Å². The molecule has 0 bridgehead atoms. The standard InChI is InChI=1S/C13H18ClNO/c1-8(15)6-10-7-9-4-2-3-5-11(9)12(14)13(10)16/h7-8,16H,2-6,15H2,1H3. The predicted octanol–water partition coefficient (Wildman–Crippen LogP) is 2.81. The number of aromatic hydroxyl groups is 1. The molecule has 0 saturated carbocycles. The molecule has 0 fully saturated rings. The largest absolute Gasteiger partial charge is 0.506 e. The quantitative estimate of drug-likeness (QED) is 0.834. The van der Waals surface area contributed by atoms with Crippen molar-refractivity contribution in [1.82, 2.24) is 0 Å². The number of hydrogen-bond donors (Lipinski definition) is 2. The molecule has 2 rings (SSSR count). The maximum absolute atomic E-state index is 10.0. The van der Waals surface area contributed by atoms with Crippen LogP contribution in [0.1, 0.15) is 36.5 Å². The molecule has 1 atom stereocenters. The van der Waals surface area contributed by atoms with E-state index in [4.69, 9.17) is 17.3 Å². The molecule has 3 heteroatoms. The van der Waals surface area contributed by atoms with Gasteiger partial charge in [-0.05, 0) is 55.7 Å². The van der Waals surface area contributed by atoms with Gasteiger partial charge in [-0.1, -0.05) is 17.7 Å². The van der Waals surface area contributed by atoms with Gasteiger partial charge in [-0.25, -0.2) is 0 Å². The third-order valence-electron chi connectivity index (χ3n) is 3.18. The van der Waals surface area contributed by atoms with Crippen LogP contribution >= 0.6 is 11.6 Å². The Balaban J connectivity index is 2.44. The van der Waals surface area contributed by atoms with Gasteiger partial charge in [0.1, 0.15) is 5.75 Å². The summed E-state index contributed by atoms with van der Waals surface area (Å²) >= 11 is 6.21. The summed E-state index contributed by atoms with van der Waals surface area (Å²) in [6.45, 7) is 1.94. The van der Waals surface area contributed by atoms with E-state index in [1.165, 1.54) is 18.4 Å². The maximum atomic E-state index is 10.0. The van der Waals surface area contributed by atoms with E-state index in [1.54, 1.807) is 0 Å². The van der Waals surface area contributed by atoms with E-state index in [0.717, 1.165) is 24.0 Å². The molecule has 1 unspecified atom stereocenters. The van der Waals surface area contributed by atoms with Crippen LogP contribution in [0.25, 0.3) is 0 Å². The highest BCUT2D eigenvalue weighted by molar-refractivity contribution is 6.33. The SMILES string of the molecule is CC(N)Cc1cc2c(c(Cl)c1O)CCCC2. The lowest BCUT2D eigenvalue weighted by atomic mass is 9.88. The van der Waals surface area contributed by atoms with Crippen molar-refractivity contribution in [3.05, 3.63) is 27.8 Å². The minimum Gasteiger partial charge on any atom is -0.506 e. The van der Waals surface area contributed by atoms with Crippen LogP contribution in [0.4, 0.5) is 0 Å². The minimum atomic E-state index is 0.0450. The molecule has 1 aromatic rings. The Hall–Kier alpha value is -0.730. The molecule has 1 aromatic carbocycles. The molecule has 0 heterocycles. The normalized spacial score (nSPS) is 16.9. The first-order chi connectivity index (χ1) is 7.59. The molecule has 88 valence electrons. The Morgan fingerprint density at radius 2 is 2.12 bits per heavy atom. The fraction of sp³-hybridized carbons (Fsp3) is 0.538. The number of aryl methyl sites for hydroxylation is 1. The average Bonchev–Trinajstić information content (AvgIpc) is 2.25. The summed E-state index contributed by atoms with van der Waals surface area (Å²) in [4.78, 5) is 0. The summed E-state index contributed by atoms with van der Waals surface area (Å²) in [7, 11) is 0. The van der Waals surface area contributed by atoms with Crippen LogP contribution in [0.5, 0.6) is 5.75 Å². The molecular weight excluding hydrogens is 222 g/mol. The van der Waals surface area contributed by atoms with Gasteiger partial charge in [0.2, 0.25) is 0 Å². The Morgan fingerprint density at radius 3 is 2.81 bits per heavy atom. The van der Waals surface area contributed by atoms with Crippen LogP contribution in [-0.2, 0) is 19.3 Å². The summed E-state index contributed by atoms with van der Waals surface area (Å²) in [6, 6.07) is 2.13. The first-order valence-corrected chi connectivity index (χ1v) is 6.25. The summed E-state index contributed by atoms with van der Waals surface area (Å²) < 4.78 is 0. The Kier molecular flexibility index (Phi) is 3.41. The number of phenolic OH excluding ortho intramolecular Hbond substituents is 1. The van der Waals surface area contributed by atoms with E-state index in [9.17, 15) is 5.11 Å². The zero-order valence-corrected chi connectivity index (χ0v) is 10.3. The molecule has 0 aliphatic heterocycles. The van der Waals surface area contributed by atoms with E-state index in [0.29, 0.717) is 11.4 Å². The van der Waals surface area contributed by atoms with Crippen LogP contribution in [-0.4, -0.2) is 11.1 Å². The Bertz CT molecular complexity index is 401. The minimum absolute atomic E-state index is 0.0450. The second kappa shape index (κ2) is 4.64. The number of phenols is 1. The highest BCUT2D eigenvalue weighted by Crippen LogP contribution is 2.37. The lowest BCUT2D eigenvalue weighted by Gasteiger charge is -2.20. The van der Waals surface area contributed by atoms with E-state index in [2.05, 4.69) is 6.07 Å². The van der Waals surface area contributed by atoms with Gasteiger partial charge in [-0.15, -0.1) is 0 Å². The number of rotatable bonds is 2. The van der Waals surface area contributed by atoms with Crippen molar-refractivity contribution in [2.45, 2.75) is 45.1 Å². The predicted molar refractivity (Wildman–Crippen MR) is 67.1 cm³/mol. The van der Waals surface area contributed by atoms with Crippen molar-refractivity contribution in [2.24, 2.45) is 5.73 Å². The highest BCUT2D eigenvalue weighted by atomic mass is 35.5. The number of nitrogens with two attached hydrogens (primary N) is 1. The second-order valence-electron chi connectivity index (χ2n) is 4.72. The summed E-state index contributed by atoms with van der Waals surface area (Å²) in [5.41, 5.74) is 9.09. The van der Waals surface area contributed by atoms with Crippen LogP contribution in [0.3, 0.4) is 0 Å². The van der Waals surface area contributed by atoms with Crippen LogP contribution in [0.2, 0.25) is 5.02 Å². The average molecular weight is 240 g/mol. The van der Waals surface area contributed by atoms with Crippen LogP contribution < -0.4 is 5.73 Å². The third kappa shape index (κ3) is 2.18. The first kappa shape index (κ1) is 11.7. The van der Waals surface area contributed by atoms with E-state index in [1.807, 2.05) is 6.92 Å². The fourth-order valence-corrected chi connectivity index (χ4v) is 2.74. The topological polar surface area (TPSA) is 46.2 Å². The van der Waals surface area contributed by atoms with Crippen molar-refractivity contribution < 1.29 is 5.11 Å². The van der Waals surface area contributed by atoms with Gasteiger partial charge in [0.15, 0.2) is 0 Å². The number of benzene rings is 1. The molecule has 16 heavy (non-hydrogen) atoms. The first-order valence-electron chi connectivity index (χ1n) is 5.87. The van der Waals surface area contributed by atoms with Gasteiger partial charge in [0, 0.05) is 6.04 Å². The molecule has 0 saturated heterocycles. The molecule has 0 radical (unpaired) electrons. The molecular formula is C13H18ClNO. The third-order valence-corrected chi connectivity index (χ3v) is 3.59. The number of halogens is 1. The zero-order valence-electron chi connectivity index (χ0n) is 9.59. The fourth-order valence-electron chi connectivity index (χ4n) is 2.40. The number of fused-ring (bicyclic) bond motifs is 1. The monoisotopic (exact) mass is 239 g/mol. The van der Waals surface area contributed by atoms with Crippen molar-refractivity contribution in [3.8, 4) is 5.75 Å². The summed E-state index contributed by atoms with van der Waals surface area (Å²) in [5, 5.41) is 10.6. The van der Waals surface area contributed by atoms with E-state index in [-0.39, 0.29) is 11.8 Å². The molecule has 2 nitrogen and oxygen atoms in total. The lowest BCUT2D eigenvalue weighted by Crippen LogP contribution is -2.18. The van der Waals surface area contributed by atoms with E-state index >= 15 is 0 Å². The van der Waals surface area contributed by atoms with Crippen molar-refractivity contribution in [2.75, 3.05) is 0 Å². The van der Waals surface area contributed by atoms with Gasteiger partial charge in [-0.3, -0.25) is 0 Å². The van der Waals surface area contributed by atoms with Gasteiger partial charge in [0.25, 0.3) is 0 Å². The zero-order chi connectivity index (χ0) is 11.7. The molecule has 1 aliphatic rings. The van der Waals surface area contributed by atoms with Gasteiger partial charge in [-0.2, -0.15) is 0 Å². The Labute approximate surface area is 101 Å². The van der Waals surface area contributed by atoms with Gasteiger partial charge in [0.05, 0.1) is 5.02 Å². The molecule has 1 aliphatic carbocycles. The molecule has 3 N–H and O–H groups in total. The summed E-state index contributed by atoms with van der Waals surface area (Å²) in [6.07, 6.45) is 5.12. The lowest BCUT2D eigenvalue weighted by molar-refractivity contribution is 0.463. The van der Waals surface area contributed by atoms with E-state index < -0.39 is 0 Å². The molecule has 0 aromatic heterocycles.